The van der Waals surface area contributed by atoms with E-state index in [9.17, 15) is 4.79 Å². The fourth-order valence-electron chi connectivity index (χ4n) is 1.54. The van der Waals surface area contributed by atoms with Gasteiger partial charge in [0.15, 0.2) is 0 Å². The van der Waals surface area contributed by atoms with Crippen molar-refractivity contribution < 1.29 is 9.53 Å². The van der Waals surface area contributed by atoms with E-state index in [0.717, 1.165) is 14.5 Å². The minimum Gasteiger partial charge on any atom is -0.410 e. The van der Waals surface area contributed by atoms with Gasteiger partial charge in [-0.25, -0.2) is 4.79 Å². The normalized spacial score (nSPS) is 10.1. The van der Waals surface area contributed by atoms with Gasteiger partial charge in [-0.1, -0.05) is 18.2 Å². The van der Waals surface area contributed by atoms with Crippen LogP contribution in [-0.4, -0.2) is 6.09 Å². The lowest BCUT2D eigenvalue weighted by Gasteiger charge is -2.11. The van der Waals surface area contributed by atoms with Gasteiger partial charge < -0.3 is 4.74 Å². The first-order valence-corrected chi connectivity index (χ1v) is 7.14. The minimum atomic E-state index is -0.531. The van der Waals surface area contributed by atoms with E-state index in [1.54, 1.807) is 24.3 Å². The predicted octanol–water partition coefficient (Wildman–Crippen LogP) is 5.13. The molecule has 1 amide bonds. The molecule has 2 aromatic rings. The van der Waals surface area contributed by atoms with Gasteiger partial charge in [0.25, 0.3) is 0 Å². The Morgan fingerprint density at radius 3 is 2.26 bits per heavy atom. The van der Waals surface area contributed by atoms with Crippen molar-refractivity contribution in [1.29, 1.82) is 0 Å². The summed E-state index contributed by atoms with van der Waals surface area (Å²) in [6, 6.07) is 12.8. The number of rotatable bonds is 2. The summed E-state index contributed by atoms with van der Waals surface area (Å²) in [5, 5.41) is 2.70. The van der Waals surface area contributed by atoms with Crippen LogP contribution >= 0.6 is 31.9 Å². The molecule has 0 saturated carbocycles. The van der Waals surface area contributed by atoms with Crippen molar-refractivity contribution in [2.45, 2.75) is 6.92 Å². The molecule has 0 saturated heterocycles. The largest absolute Gasteiger partial charge is 0.417 e. The molecule has 2 rings (SSSR count). The molecule has 0 aliphatic rings. The zero-order valence-electron chi connectivity index (χ0n) is 10.1. The second-order valence-electron chi connectivity index (χ2n) is 3.93. The Morgan fingerprint density at radius 1 is 1.11 bits per heavy atom. The van der Waals surface area contributed by atoms with E-state index in [4.69, 9.17) is 4.74 Å². The molecule has 0 spiro atoms. The topological polar surface area (TPSA) is 38.3 Å². The molecule has 0 aromatic heterocycles. The molecule has 3 nitrogen and oxygen atoms in total. The van der Waals surface area contributed by atoms with E-state index in [2.05, 4.69) is 37.2 Å². The number of para-hydroxylation sites is 1. The Hall–Kier alpha value is -1.33. The molecule has 1 N–H and O–H groups in total. The van der Waals surface area contributed by atoms with Crippen molar-refractivity contribution in [3.63, 3.8) is 0 Å². The summed E-state index contributed by atoms with van der Waals surface area (Å²) < 4.78 is 6.76. The Morgan fingerprint density at radius 2 is 1.68 bits per heavy atom. The highest BCUT2D eigenvalue weighted by Gasteiger charge is 2.11. The number of hydrogen-bond donors (Lipinski definition) is 1. The third-order valence-corrected chi connectivity index (χ3v) is 3.62. The minimum absolute atomic E-state index is 0.499. The monoisotopic (exact) mass is 383 g/mol. The van der Waals surface area contributed by atoms with Crippen LogP contribution in [0.1, 0.15) is 5.56 Å². The average molecular weight is 385 g/mol. The molecule has 2 aromatic carbocycles. The van der Waals surface area contributed by atoms with Gasteiger partial charge in [0.2, 0.25) is 0 Å². The lowest BCUT2D eigenvalue weighted by molar-refractivity contribution is 0.215. The highest BCUT2D eigenvalue weighted by atomic mass is 79.9. The molecule has 5 heteroatoms. The van der Waals surface area contributed by atoms with Gasteiger partial charge in [-0.2, -0.15) is 0 Å². The molecule has 0 radical (unpaired) electrons. The summed E-state index contributed by atoms with van der Waals surface area (Å²) in [5.74, 6) is 0.499. The number of hydrogen-bond acceptors (Lipinski definition) is 2. The van der Waals surface area contributed by atoms with Gasteiger partial charge in [-0.15, -0.1) is 0 Å². The fraction of sp³-hybridized carbons (Fsp3) is 0.0714. The van der Waals surface area contributed by atoms with Gasteiger partial charge in [0.05, 0.1) is 5.69 Å². The van der Waals surface area contributed by atoms with Crippen LogP contribution in [0, 0.1) is 6.92 Å². The fourth-order valence-corrected chi connectivity index (χ4v) is 3.16. The van der Waals surface area contributed by atoms with Gasteiger partial charge in [0, 0.05) is 8.95 Å². The van der Waals surface area contributed by atoms with Crippen LogP contribution in [0.3, 0.4) is 0 Å². The number of aryl methyl sites for hydroxylation is 1. The lowest BCUT2D eigenvalue weighted by atomic mass is 10.2. The number of amides is 1. The number of nitrogens with one attached hydrogen (secondary N) is 1. The van der Waals surface area contributed by atoms with Crippen molar-refractivity contribution in [2.24, 2.45) is 0 Å². The molecule has 0 fully saturated rings. The molecule has 0 unspecified atom stereocenters. The van der Waals surface area contributed by atoms with Crippen LogP contribution in [0.4, 0.5) is 10.5 Å². The summed E-state index contributed by atoms with van der Waals surface area (Å²) in [6.07, 6.45) is -0.531. The molecule has 0 atom stereocenters. The van der Waals surface area contributed by atoms with Gasteiger partial charge in [-0.05, 0) is 68.6 Å². The first kappa shape index (κ1) is 14.1. The zero-order valence-corrected chi connectivity index (χ0v) is 13.3. The molecule has 19 heavy (non-hydrogen) atoms. The standard InChI is InChI=1S/C14H11Br2NO2/c1-9-7-11(15)13(12(16)8-9)17-14(18)19-10-5-3-2-4-6-10/h2-8H,1H3,(H,17,18). The van der Waals surface area contributed by atoms with E-state index in [1.165, 1.54) is 0 Å². The third-order valence-electron chi connectivity index (χ3n) is 2.37. The van der Waals surface area contributed by atoms with Crippen LogP contribution in [-0.2, 0) is 0 Å². The van der Waals surface area contributed by atoms with E-state index in [-0.39, 0.29) is 0 Å². The first-order valence-electron chi connectivity index (χ1n) is 5.56. The first-order chi connectivity index (χ1) is 9.06. The summed E-state index contributed by atoms with van der Waals surface area (Å²) in [7, 11) is 0. The van der Waals surface area contributed by atoms with Crippen molar-refractivity contribution >= 4 is 43.6 Å². The molecule has 0 bridgehead atoms. The predicted molar refractivity (Wildman–Crippen MR) is 82.7 cm³/mol. The number of carbonyl (C=O) groups excluding carboxylic acids is 1. The van der Waals surface area contributed by atoms with E-state index >= 15 is 0 Å². The number of benzene rings is 2. The van der Waals surface area contributed by atoms with Crippen LogP contribution in [0.25, 0.3) is 0 Å². The second kappa shape index (κ2) is 6.21. The number of carbonyl (C=O) groups is 1. The molecule has 0 aliphatic carbocycles. The van der Waals surface area contributed by atoms with Crippen molar-refractivity contribution in [2.75, 3.05) is 5.32 Å². The lowest BCUT2D eigenvalue weighted by Crippen LogP contribution is -2.17. The summed E-state index contributed by atoms with van der Waals surface area (Å²) in [6.45, 7) is 1.97. The molecular formula is C14H11Br2NO2. The van der Waals surface area contributed by atoms with Crippen molar-refractivity contribution in [3.05, 3.63) is 57.0 Å². The Kier molecular flexibility index (Phi) is 4.61. The Labute approximate surface area is 128 Å². The van der Waals surface area contributed by atoms with Gasteiger partial charge in [-0.3, -0.25) is 5.32 Å². The van der Waals surface area contributed by atoms with E-state index in [0.29, 0.717) is 11.4 Å². The maximum absolute atomic E-state index is 11.8. The summed E-state index contributed by atoms with van der Waals surface area (Å²) in [4.78, 5) is 11.8. The highest BCUT2D eigenvalue weighted by Crippen LogP contribution is 2.32. The molecule has 0 heterocycles. The number of anilines is 1. The van der Waals surface area contributed by atoms with Gasteiger partial charge >= 0.3 is 6.09 Å². The van der Waals surface area contributed by atoms with E-state index < -0.39 is 6.09 Å². The SMILES string of the molecule is Cc1cc(Br)c(NC(=O)Oc2ccccc2)c(Br)c1. The Bertz CT molecular complexity index is 577. The average Bonchev–Trinajstić information content (AvgIpc) is 2.35. The number of ether oxygens (including phenoxy) is 1. The summed E-state index contributed by atoms with van der Waals surface area (Å²) >= 11 is 6.82. The van der Waals surface area contributed by atoms with Crippen LogP contribution in [0.2, 0.25) is 0 Å². The zero-order chi connectivity index (χ0) is 13.8. The Balaban J connectivity index is 2.12. The van der Waals surface area contributed by atoms with Crippen molar-refractivity contribution in [1.82, 2.24) is 0 Å². The smallest absolute Gasteiger partial charge is 0.410 e. The molecule has 0 aliphatic heterocycles. The summed E-state index contributed by atoms with van der Waals surface area (Å²) in [5.41, 5.74) is 1.73. The van der Waals surface area contributed by atoms with Crippen molar-refractivity contribution in [3.8, 4) is 5.75 Å². The van der Waals surface area contributed by atoms with Crippen LogP contribution < -0.4 is 10.1 Å². The quantitative estimate of drug-likeness (QED) is 0.779. The third kappa shape index (κ3) is 3.81. The highest BCUT2D eigenvalue weighted by molar-refractivity contribution is 9.11. The maximum Gasteiger partial charge on any atom is 0.417 e. The van der Waals surface area contributed by atoms with Crippen LogP contribution in [0.15, 0.2) is 51.4 Å². The number of halogens is 2. The maximum atomic E-state index is 11.8. The van der Waals surface area contributed by atoms with Crippen LogP contribution in [0.5, 0.6) is 5.75 Å². The van der Waals surface area contributed by atoms with E-state index in [1.807, 2.05) is 25.1 Å². The molecular weight excluding hydrogens is 374 g/mol. The molecule has 98 valence electrons. The van der Waals surface area contributed by atoms with Gasteiger partial charge in [0.1, 0.15) is 5.75 Å². The second-order valence-corrected chi connectivity index (χ2v) is 5.64.